The average molecular weight is 489 g/mol. The topological polar surface area (TPSA) is 122 Å². The fraction of sp³-hybridized carbons (Fsp3) is 0.0476. The van der Waals surface area contributed by atoms with Crippen molar-refractivity contribution in [3.05, 3.63) is 81.9 Å². The van der Waals surface area contributed by atoms with E-state index in [1.807, 2.05) is 0 Å². The molecule has 4 rings (SSSR count). The predicted molar refractivity (Wildman–Crippen MR) is 121 cm³/mol. The third-order valence-electron chi connectivity index (χ3n) is 4.65. The summed E-state index contributed by atoms with van der Waals surface area (Å²) in [6.45, 7) is 1.28. The molecular weight excluding hydrogens is 475 g/mol. The number of hydrogen-bond donors (Lipinski definition) is 2. The summed E-state index contributed by atoms with van der Waals surface area (Å²) >= 11 is 12.0. The lowest BCUT2D eigenvalue weighted by atomic mass is 10.0. The standard InChI is InChI=1S/C21H14Cl2N4O4S/c1-11(28)16-9-13(2-3-17(16)23)32(30,31)27-18-8-12(22)10-26-19(18)20(29)14-4-6-24-21-15(14)5-7-25-21/h2-10,27H,1H3,(H,24,25). The number of H-pyrrole nitrogens is 1. The maximum atomic E-state index is 13.3. The van der Waals surface area contributed by atoms with Gasteiger partial charge in [-0.05, 0) is 43.3 Å². The first-order valence-electron chi connectivity index (χ1n) is 9.13. The van der Waals surface area contributed by atoms with Crippen molar-refractivity contribution in [3.8, 4) is 0 Å². The number of anilines is 1. The first-order valence-corrected chi connectivity index (χ1v) is 11.4. The number of sulfonamides is 1. The van der Waals surface area contributed by atoms with Gasteiger partial charge in [-0.15, -0.1) is 0 Å². The third kappa shape index (κ3) is 4.10. The van der Waals surface area contributed by atoms with Crippen LogP contribution in [0.2, 0.25) is 10.0 Å². The number of carbonyl (C=O) groups excluding carboxylic acids is 2. The van der Waals surface area contributed by atoms with Crippen molar-refractivity contribution < 1.29 is 18.0 Å². The highest BCUT2D eigenvalue weighted by Gasteiger charge is 2.24. The maximum absolute atomic E-state index is 13.3. The van der Waals surface area contributed by atoms with Crippen molar-refractivity contribution in [1.82, 2.24) is 15.0 Å². The first-order chi connectivity index (χ1) is 15.2. The lowest BCUT2D eigenvalue weighted by Crippen LogP contribution is -2.17. The summed E-state index contributed by atoms with van der Waals surface area (Å²) in [4.78, 5) is 35.9. The largest absolute Gasteiger partial charge is 0.346 e. The highest BCUT2D eigenvalue weighted by atomic mass is 35.5. The zero-order valence-electron chi connectivity index (χ0n) is 16.4. The van der Waals surface area contributed by atoms with E-state index in [-0.39, 0.29) is 43.2 Å². The second kappa shape index (κ2) is 8.34. The van der Waals surface area contributed by atoms with Gasteiger partial charge in [-0.3, -0.25) is 14.3 Å². The van der Waals surface area contributed by atoms with Crippen LogP contribution in [-0.4, -0.2) is 34.9 Å². The minimum Gasteiger partial charge on any atom is -0.346 e. The fourth-order valence-corrected chi connectivity index (χ4v) is 4.62. The van der Waals surface area contributed by atoms with E-state index < -0.39 is 15.8 Å². The molecule has 162 valence electrons. The SMILES string of the molecule is CC(=O)c1cc(S(=O)(=O)Nc2cc(Cl)cnc2C(=O)c2ccnc3[nH]ccc23)ccc1Cl. The molecule has 0 fully saturated rings. The van der Waals surface area contributed by atoms with Gasteiger partial charge in [-0.2, -0.15) is 0 Å². The first kappa shape index (κ1) is 21.9. The number of aromatic amines is 1. The smallest absolute Gasteiger partial charge is 0.261 e. The van der Waals surface area contributed by atoms with Crippen molar-refractivity contribution in [2.75, 3.05) is 4.72 Å². The van der Waals surface area contributed by atoms with E-state index in [9.17, 15) is 18.0 Å². The van der Waals surface area contributed by atoms with Gasteiger partial charge < -0.3 is 4.98 Å². The highest BCUT2D eigenvalue weighted by molar-refractivity contribution is 7.92. The van der Waals surface area contributed by atoms with Gasteiger partial charge >= 0.3 is 0 Å². The van der Waals surface area contributed by atoms with Crippen LogP contribution < -0.4 is 4.72 Å². The van der Waals surface area contributed by atoms with E-state index >= 15 is 0 Å². The van der Waals surface area contributed by atoms with Crippen LogP contribution in [0.4, 0.5) is 5.69 Å². The van der Waals surface area contributed by atoms with Crippen LogP contribution >= 0.6 is 23.2 Å². The third-order valence-corrected chi connectivity index (χ3v) is 6.55. The van der Waals surface area contributed by atoms with Gasteiger partial charge in [0.25, 0.3) is 10.0 Å². The molecule has 3 heterocycles. The van der Waals surface area contributed by atoms with Gasteiger partial charge in [-0.25, -0.2) is 18.4 Å². The Kier molecular flexibility index (Phi) is 5.72. The molecule has 0 atom stereocenters. The number of nitrogens with one attached hydrogen (secondary N) is 2. The quantitative estimate of drug-likeness (QED) is 0.385. The van der Waals surface area contributed by atoms with E-state index in [1.54, 1.807) is 12.3 Å². The van der Waals surface area contributed by atoms with Crippen molar-refractivity contribution in [3.63, 3.8) is 0 Å². The minimum atomic E-state index is -4.20. The van der Waals surface area contributed by atoms with Crippen LogP contribution in [0, 0.1) is 0 Å². The molecule has 4 aromatic rings. The molecule has 11 heteroatoms. The van der Waals surface area contributed by atoms with E-state index in [2.05, 4.69) is 19.7 Å². The van der Waals surface area contributed by atoms with Gasteiger partial charge in [0.2, 0.25) is 5.78 Å². The number of hydrogen-bond acceptors (Lipinski definition) is 6. The van der Waals surface area contributed by atoms with E-state index in [4.69, 9.17) is 23.2 Å². The number of aromatic nitrogens is 3. The minimum absolute atomic E-state index is 0.0571. The van der Waals surface area contributed by atoms with Crippen LogP contribution in [0.15, 0.2) is 59.9 Å². The van der Waals surface area contributed by atoms with Gasteiger partial charge in [0, 0.05) is 35.1 Å². The Morgan fingerprint density at radius 2 is 1.81 bits per heavy atom. The van der Waals surface area contributed by atoms with Gasteiger partial charge in [0.15, 0.2) is 5.78 Å². The summed E-state index contributed by atoms with van der Waals surface area (Å²) < 4.78 is 28.4. The number of carbonyl (C=O) groups is 2. The molecule has 0 aliphatic rings. The number of fused-ring (bicyclic) bond motifs is 1. The Bertz CT molecular complexity index is 1500. The van der Waals surface area contributed by atoms with E-state index in [0.29, 0.717) is 11.0 Å². The Balaban J connectivity index is 1.78. The van der Waals surface area contributed by atoms with Crippen LogP contribution in [0.3, 0.4) is 0 Å². The second-order valence-corrected chi connectivity index (χ2v) is 9.31. The molecule has 0 aliphatic carbocycles. The van der Waals surface area contributed by atoms with Crippen LogP contribution in [0.1, 0.15) is 33.3 Å². The molecule has 0 spiro atoms. The molecule has 8 nitrogen and oxygen atoms in total. The molecule has 0 aliphatic heterocycles. The zero-order chi connectivity index (χ0) is 23.0. The number of rotatable bonds is 6. The van der Waals surface area contributed by atoms with Crippen LogP contribution in [-0.2, 0) is 10.0 Å². The molecule has 32 heavy (non-hydrogen) atoms. The normalized spacial score (nSPS) is 11.5. The molecule has 0 radical (unpaired) electrons. The Morgan fingerprint density at radius 3 is 2.56 bits per heavy atom. The summed E-state index contributed by atoms with van der Waals surface area (Å²) in [6, 6.07) is 8.23. The Morgan fingerprint density at radius 1 is 1.03 bits per heavy atom. The molecule has 0 saturated carbocycles. The zero-order valence-corrected chi connectivity index (χ0v) is 18.7. The molecule has 3 aromatic heterocycles. The average Bonchev–Trinajstić information content (AvgIpc) is 3.22. The number of ketones is 2. The molecule has 0 bridgehead atoms. The number of Topliss-reactive ketones (excluding diaryl/α,β-unsaturated/α-hetero) is 1. The van der Waals surface area contributed by atoms with Crippen LogP contribution in [0.25, 0.3) is 11.0 Å². The summed E-state index contributed by atoms with van der Waals surface area (Å²) in [7, 11) is -4.20. The van der Waals surface area contributed by atoms with Crippen molar-refractivity contribution in [2.24, 2.45) is 0 Å². The highest BCUT2D eigenvalue weighted by Crippen LogP contribution is 2.28. The van der Waals surface area contributed by atoms with Gasteiger partial charge in [-0.1, -0.05) is 23.2 Å². The van der Waals surface area contributed by atoms with Crippen molar-refractivity contribution in [1.29, 1.82) is 0 Å². The Hall–Kier alpha value is -3.27. The number of halogens is 2. The summed E-state index contributed by atoms with van der Waals surface area (Å²) in [5, 5.41) is 0.818. The number of pyridine rings is 2. The second-order valence-electron chi connectivity index (χ2n) is 6.78. The molecular formula is C21H14Cl2N4O4S. The van der Waals surface area contributed by atoms with Crippen molar-refractivity contribution >= 4 is 61.5 Å². The molecule has 0 unspecified atom stereocenters. The summed E-state index contributed by atoms with van der Waals surface area (Å²) in [6.07, 6.45) is 4.35. The van der Waals surface area contributed by atoms with E-state index in [1.165, 1.54) is 49.6 Å². The van der Waals surface area contributed by atoms with Crippen molar-refractivity contribution in [2.45, 2.75) is 11.8 Å². The molecule has 1 aromatic carbocycles. The maximum Gasteiger partial charge on any atom is 0.261 e. The lowest BCUT2D eigenvalue weighted by molar-refractivity contribution is 0.101. The monoisotopic (exact) mass is 488 g/mol. The predicted octanol–water partition coefficient (Wildman–Crippen LogP) is 4.50. The van der Waals surface area contributed by atoms with Gasteiger partial charge in [0.1, 0.15) is 11.3 Å². The lowest BCUT2D eigenvalue weighted by Gasteiger charge is -2.13. The van der Waals surface area contributed by atoms with Gasteiger partial charge in [0.05, 0.1) is 20.6 Å². The fourth-order valence-electron chi connectivity index (χ4n) is 3.13. The molecule has 2 N–H and O–H groups in total. The molecule has 0 saturated heterocycles. The van der Waals surface area contributed by atoms with E-state index in [0.717, 1.165) is 0 Å². The Labute approximate surface area is 192 Å². The summed E-state index contributed by atoms with van der Waals surface area (Å²) in [5.41, 5.74) is 0.596. The summed E-state index contributed by atoms with van der Waals surface area (Å²) in [5.74, 6) is -0.910. The number of nitrogens with zero attached hydrogens (tertiary/aromatic N) is 2. The van der Waals surface area contributed by atoms with Crippen LogP contribution in [0.5, 0.6) is 0 Å². The number of benzene rings is 1. The molecule has 0 amide bonds.